The predicted molar refractivity (Wildman–Crippen MR) is 271 cm³/mol. The first kappa shape index (κ1) is 61.5. The molecule has 0 aromatic rings. The largest absolute Gasteiger partial charge is 0.472 e. The Morgan fingerprint density at radius 1 is 0.438 bits per heavy atom. The van der Waals surface area contributed by atoms with Gasteiger partial charge in [0.25, 0.3) is 0 Å². The van der Waals surface area contributed by atoms with Crippen molar-refractivity contribution in [2.45, 2.75) is 245 Å². The van der Waals surface area contributed by atoms with Gasteiger partial charge in [0.15, 0.2) is 6.10 Å². The molecule has 0 aliphatic carbocycles. The van der Waals surface area contributed by atoms with Gasteiger partial charge < -0.3 is 14.4 Å². The molecule has 0 amide bonds. The summed E-state index contributed by atoms with van der Waals surface area (Å²) in [7, 11) is -4.29. The maximum absolute atomic E-state index is 12.6. The van der Waals surface area contributed by atoms with Crippen molar-refractivity contribution in [1.29, 1.82) is 0 Å². The molecule has 1 N–H and O–H groups in total. The van der Waals surface area contributed by atoms with E-state index in [1.54, 1.807) is 6.92 Å². The van der Waals surface area contributed by atoms with E-state index in [2.05, 4.69) is 86.8 Å². The summed E-state index contributed by atoms with van der Waals surface area (Å²) in [6, 6.07) is 0. The topological polar surface area (TPSA) is 108 Å². The lowest BCUT2D eigenvalue weighted by Gasteiger charge is -2.19. The fraction of sp³-hybridized carbons (Fsp3) is 0.745. The summed E-state index contributed by atoms with van der Waals surface area (Å²) in [6.07, 6.45) is 63.9. The van der Waals surface area contributed by atoms with Crippen molar-refractivity contribution in [3.63, 3.8) is 0 Å². The standard InChI is InChI=1S/C55H97O8P/c1-4-7-9-11-13-15-17-19-21-23-25-27-28-30-31-33-35-37-39-41-43-45-47-49-54(56)60-51-53(52-62-64(58,59)61-6-3)63-55(57)50-48-46-44-42-40-38-36-34-32-29-26-24-22-20-18-16-14-12-10-8-5-2/h8,10,14,16-17,19-20,22-23,25-26,29,53H,4-7,9,11-13,15,18,21,24,27-28,30-52H2,1-3H3,(H,58,59)/b10-8-,16-14-,19-17-,22-20-,25-23-,29-26-. The first-order valence-corrected chi connectivity index (χ1v) is 27.7. The van der Waals surface area contributed by atoms with Crippen molar-refractivity contribution in [2.24, 2.45) is 0 Å². The van der Waals surface area contributed by atoms with Crippen LogP contribution in [0.25, 0.3) is 0 Å². The lowest BCUT2D eigenvalue weighted by Crippen LogP contribution is -2.29. The number of allylic oxidation sites excluding steroid dienone is 12. The fourth-order valence-corrected chi connectivity index (χ4v) is 7.94. The van der Waals surface area contributed by atoms with E-state index in [9.17, 15) is 19.0 Å². The van der Waals surface area contributed by atoms with Gasteiger partial charge in [-0.1, -0.05) is 209 Å². The van der Waals surface area contributed by atoms with Crippen LogP contribution in [0.5, 0.6) is 0 Å². The quantitative estimate of drug-likeness (QED) is 0.0278. The molecule has 0 aromatic carbocycles. The zero-order valence-electron chi connectivity index (χ0n) is 41.4. The molecule has 0 aliphatic heterocycles. The van der Waals surface area contributed by atoms with Crippen LogP contribution in [0.15, 0.2) is 72.9 Å². The number of esters is 2. The van der Waals surface area contributed by atoms with Gasteiger partial charge in [0.1, 0.15) is 6.61 Å². The zero-order valence-corrected chi connectivity index (χ0v) is 42.3. The van der Waals surface area contributed by atoms with E-state index in [-0.39, 0.29) is 32.0 Å². The second kappa shape index (κ2) is 49.9. The van der Waals surface area contributed by atoms with Crippen molar-refractivity contribution in [2.75, 3.05) is 19.8 Å². The SMILES string of the molecule is CC/C=C\C/C=C\C/C=C\C/C=C\CCCCCCCCCCC(=O)OC(COC(=O)CCCCCCCCCCCCC/C=C\C/C=C\CCCCCCC)COP(=O)(O)OCC. The number of unbranched alkanes of at least 4 members (excludes halogenated alkanes) is 24. The highest BCUT2D eigenvalue weighted by molar-refractivity contribution is 7.47. The molecule has 0 saturated heterocycles. The van der Waals surface area contributed by atoms with Crippen molar-refractivity contribution in [3.8, 4) is 0 Å². The highest BCUT2D eigenvalue weighted by atomic mass is 31.2. The summed E-state index contributed by atoms with van der Waals surface area (Å²) in [6.45, 7) is 5.37. The third-order valence-corrected chi connectivity index (χ3v) is 12.1. The Labute approximate surface area is 393 Å². The second-order valence-electron chi connectivity index (χ2n) is 17.2. The van der Waals surface area contributed by atoms with Crippen molar-refractivity contribution in [1.82, 2.24) is 0 Å². The number of phosphoric ester groups is 1. The molecule has 2 atom stereocenters. The molecule has 0 aromatic heterocycles. The van der Waals surface area contributed by atoms with Gasteiger partial charge in [0.05, 0.1) is 13.2 Å². The number of phosphoric acid groups is 1. The van der Waals surface area contributed by atoms with E-state index < -0.39 is 26.5 Å². The second-order valence-corrected chi connectivity index (χ2v) is 18.6. The Morgan fingerprint density at radius 3 is 1.20 bits per heavy atom. The van der Waals surface area contributed by atoms with Gasteiger partial charge in [-0.2, -0.15) is 0 Å². The summed E-state index contributed by atoms with van der Waals surface area (Å²) in [5.74, 6) is -0.807. The molecule has 9 heteroatoms. The van der Waals surface area contributed by atoms with Gasteiger partial charge in [0, 0.05) is 12.8 Å². The van der Waals surface area contributed by atoms with E-state index in [4.69, 9.17) is 18.5 Å². The molecule has 0 aliphatic rings. The molecule has 64 heavy (non-hydrogen) atoms. The van der Waals surface area contributed by atoms with Crippen LogP contribution in [-0.2, 0) is 32.7 Å². The van der Waals surface area contributed by atoms with Crippen LogP contribution in [0.4, 0.5) is 0 Å². The third-order valence-electron chi connectivity index (χ3n) is 11.0. The lowest BCUT2D eigenvalue weighted by molar-refractivity contribution is -0.161. The summed E-state index contributed by atoms with van der Waals surface area (Å²) < 4.78 is 32.8. The molecule has 0 saturated carbocycles. The molecule has 370 valence electrons. The maximum Gasteiger partial charge on any atom is 0.472 e. The first-order chi connectivity index (χ1) is 31.3. The van der Waals surface area contributed by atoms with Gasteiger partial charge >= 0.3 is 19.8 Å². The number of carbonyl (C=O) groups excluding carboxylic acids is 2. The minimum Gasteiger partial charge on any atom is -0.462 e. The Kier molecular flexibility index (Phi) is 48.0. The number of hydrogen-bond donors (Lipinski definition) is 1. The minimum atomic E-state index is -4.29. The Bertz CT molecular complexity index is 1270. The zero-order chi connectivity index (χ0) is 46.7. The third kappa shape index (κ3) is 48.9. The van der Waals surface area contributed by atoms with Crippen LogP contribution in [0.2, 0.25) is 0 Å². The van der Waals surface area contributed by atoms with Crippen LogP contribution in [0.1, 0.15) is 239 Å². The average Bonchev–Trinajstić information content (AvgIpc) is 3.28. The number of hydrogen-bond acceptors (Lipinski definition) is 7. The van der Waals surface area contributed by atoms with Gasteiger partial charge in [0.2, 0.25) is 0 Å². The normalized spacial score (nSPS) is 13.8. The Balaban J connectivity index is 3.99. The van der Waals surface area contributed by atoms with Gasteiger partial charge in [-0.3, -0.25) is 18.6 Å². The van der Waals surface area contributed by atoms with Gasteiger partial charge in [-0.05, 0) is 90.4 Å². The molecule has 0 radical (unpaired) electrons. The van der Waals surface area contributed by atoms with E-state index in [0.717, 1.165) is 77.0 Å². The predicted octanol–water partition coefficient (Wildman–Crippen LogP) is 17.2. The van der Waals surface area contributed by atoms with Gasteiger partial charge in [-0.25, -0.2) is 4.57 Å². The highest BCUT2D eigenvalue weighted by Gasteiger charge is 2.25. The van der Waals surface area contributed by atoms with E-state index in [0.29, 0.717) is 6.42 Å². The molecule has 0 rings (SSSR count). The molecule has 0 fully saturated rings. The smallest absolute Gasteiger partial charge is 0.462 e. The summed E-state index contributed by atoms with van der Waals surface area (Å²) >= 11 is 0. The summed E-state index contributed by atoms with van der Waals surface area (Å²) in [5, 5.41) is 0. The lowest BCUT2D eigenvalue weighted by atomic mass is 10.0. The van der Waals surface area contributed by atoms with Gasteiger partial charge in [-0.15, -0.1) is 0 Å². The molecule has 8 nitrogen and oxygen atoms in total. The number of rotatable bonds is 48. The molecule has 2 unspecified atom stereocenters. The fourth-order valence-electron chi connectivity index (χ4n) is 7.18. The molecule has 0 spiro atoms. The van der Waals surface area contributed by atoms with E-state index in [1.807, 2.05) is 0 Å². The first-order valence-electron chi connectivity index (χ1n) is 26.2. The van der Waals surface area contributed by atoms with Crippen molar-refractivity contribution >= 4 is 19.8 Å². The molecule has 0 bridgehead atoms. The van der Waals surface area contributed by atoms with Crippen LogP contribution < -0.4 is 0 Å². The maximum atomic E-state index is 12.6. The summed E-state index contributed by atoms with van der Waals surface area (Å²) in [4.78, 5) is 35.0. The minimum absolute atomic E-state index is 0.00442. The van der Waals surface area contributed by atoms with Crippen LogP contribution >= 0.6 is 7.82 Å². The Hall–Kier alpha value is -2.51. The molecular formula is C55H97O8P. The molecule has 0 heterocycles. The van der Waals surface area contributed by atoms with Crippen LogP contribution in [-0.4, -0.2) is 42.8 Å². The highest BCUT2D eigenvalue weighted by Crippen LogP contribution is 2.43. The van der Waals surface area contributed by atoms with Crippen LogP contribution in [0.3, 0.4) is 0 Å². The van der Waals surface area contributed by atoms with Crippen LogP contribution in [0, 0.1) is 0 Å². The van der Waals surface area contributed by atoms with Crippen molar-refractivity contribution in [3.05, 3.63) is 72.9 Å². The van der Waals surface area contributed by atoms with E-state index >= 15 is 0 Å². The molecular weight excluding hydrogens is 820 g/mol. The van der Waals surface area contributed by atoms with Crippen molar-refractivity contribution < 1.29 is 37.6 Å². The monoisotopic (exact) mass is 917 g/mol. The number of ether oxygens (including phenoxy) is 2. The number of carbonyl (C=O) groups is 2. The average molecular weight is 917 g/mol. The van der Waals surface area contributed by atoms with E-state index in [1.165, 1.54) is 122 Å². The Morgan fingerprint density at radius 2 is 0.797 bits per heavy atom. The summed E-state index contributed by atoms with van der Waals surface area (Å²) in [5.41, 5.74) is 0.